The molecule has 3 saturated carbocycles. The fourth-order valence-corrected chi connectivity index (χ4v) is 8.13. The lowest BCUT2D eigenvalue weighted by Gasteiger charge is -2.58. The predicted octanol–water partition coefficient (Wildman–Crippen LogP) is 4.24. The first-order chi connectivity index (χ1) is 18.1. The molecule has 1 aromatic heterocycles. The Kier molecular flexibility index (Phi) is 7.17. The van der Waals surface area contributed by atoms with E-state index in [1.165, 1.54) is 5.57 Å². The van der Waals surface area contributed by atoms with Gasteiger partial charge in [0, 0.05) is 29.4 Å². The Bertz CT molecular complexity index is 1170. The van der Waals surface area contributed by atoms with E-state index in [9.17, 15) is 15.0 Å². The maximum atomic E-state index is 12.2. The van der Waals surface area contributed by atoms with E-state index in [1.807, 2.05) is 13.0 Å². The second kappa shape index (κ2) is 10.1. The molecule has 0 unspecified atom stereocenters. The maximum Gasteiger partial charge on any atom is 0.260 e. The number of rotatable bonds is 6. The zero-order chi connectivity index (χ0) is 27.1. The van der Waals surface area contributed by atoms with Crippen molar-refractivity contribution in [2.75, 3.05) is 13.2 Å². The summed E-state index contributed by atoms with van der Waals surface area (Å²) in [6.45, 7) is 6.43. The fourth-order valence-electron chi connectivity index (χ4n) is 8.13. The molecule has 7 nitrogen and oxygen atoms in total. The molecule has 7 heteroatoms. The molecule has 0 spiro atoms. The Morgan fingerprint density at radius 1 is 1.24 bits per heavy atom. The molecule has 1 aromatic rings. The minimum Gasteiger partial charge on any atom is -0.387 e. The van der Waals surface area contributed by atoms with Gasteiger partial charge in [0.25, 0.3) is 5.91 Å². The first-order valence-electron chi connectivity index (χ1n) is 14.1. The van der Waals surface area contributed by atoms with E-state index in [4.69, 9.17) is 11.3 Å². The largest absolute Gasteiger partial charge is 0.387 e. The first kappa shape index (κ1) is 26.9. The number of nitrogens with zero attached hydrogens (tertiary/aromatic N) is 2. The second-order valence-corrected chi connectivity index (χ2v) is 12.4. The summed E-state index contributed by atoms with van der Waals surface area (Å²) in [4.78, 5) is 21.8. The van der Waals surface area contributed by atoms with Crippen LogP contribution >= 0.6 is 0 Å². The summed E-state index contributed by atoms with van der Waals surface area (Å²) in [5.41, 5.74) is 2.86. The van der Waals surface area contributed by atoms with Crippen LogP contribution in [0.5, 0.6) is 0 Å². The monoisotopic (exact) mass is 519 g/mol. The Balaban J connectivity index is 1.16. The summed E-state index contributed by atoms with van der Waals surface area (Å²) in [5.74, 6) is 4.13. The average molecular weight is 520 g/mol. The number of nitrogens with one attached hydrogen (secondary N) is 1. The minimum atomic E-state index is -0.967. The van der Waals surface area contributed by atoms with Crippen LogP contribution in [0.15, 0.2) is 35.1 Å². The number of amides is 1. The van der Waals surface area contributed by atoms with E-state index in [2.05, 4.69) is 41.3 Å². The number of allylic oxidation sites excluding steroid dienone is 2. The van der Waals surface area contributed by atoms with Crippen molar-refractivity contribution in [1.29, 1.82) is 0 Å². The van der Waals surface area contributed by atoms with Gasteiger partial charge in [-0.1, -0.05) is 36.6 Å². The molecule has 0 aromatic carbocycles. The van der Waals surface area contributed by atoms with Gasteiger partial charge in [-0.3, -0.25) is 9.78 Å². The van der Waals surface area contributed by atoms with Gasteiger partial charge < -0.3 is 20.4 Å². The molecule has 3 fully saturated rings. The smallest absolute Gasteiger partial charge is 0.260 e. The van der Waals surface area contributed by atoms with E-state index in [0.29, 0.717) is 23.3 Å². The number of fused-ring (bicyclic) bond motifs is 5. The van der Waals surface area contributed by atoms with Gasteiger partial charge in [-0.15, -0.1) is 6.42 Å². The molecule has 204 valence electrons. The highest BCUT2D eigenvalue weighted by Gasteiger charge is 2.63. The molecule has 1 amide bonds. The van der Waals surface area contributed by atoms with E-state index in [-0.39, 0.29) is 29.9 Å². The van der Waals surface area contributed by atoms with Crippen LogP contribution in [0.3, 0.4) is 0 Å². The van der Waals surface area contributed by atoms with Gasteiger partial charge in [0.15, 0.2) is 6.61 Å². The number of aryl methyl sites for hydroxylation is 1. The molecular weight excluding hydrogens is 478 g/mol. The van der Waals surface area contributed by atoms with Crippen LogP contribution < -0.4 is 5.32 Å². The molecule has 3 N–H and O–H groups in total. The third-order valence-electron chi connectivity index (χ3n) is 10.6. The average Bonchev–Trinajstić information content (AvgIpc) is 3.18. The second-order valence-electron chi connectivity index (χ2n) is 12.4. The molecular formula is C31H41N3O4. The first-order valence-corrected chi connectivity index (χ1v) is 14.1. The van der Waals surface area contributed by atoms with Crippen LogP contribution in [-0.2, 0) is 9.63 Å². The number of aliphatic hydroxyl groups excluding tert-OH is 1. The topological polar surface area (TPSA) is 104 Å². The van der Waals surface area contributed by atoms with Crippen molar-refractivity contribution in [3.05, 3.63) is 41.2 Å². The van der Waals surface area contributed by atoms with Gasteiger partial charge in [0.2, 0.25) is 0 Å². The summed E-state index contributed by atoms with van der Waals surface area (Å²) < 4.78 is 0. The van der Waals surface area contributed by atoms with Gasteiger partial charge in [-0.05, 0) is 93.6 Å². The van der Waals surface area contributed by atoms with Gasteiger partial charge in [0.05, 0.1) is 11.8 Å². The zero-order valence-electron chi connectivity index (χ0n) is 22.9. The standard InChI is InChI=1S/C31H41N3O4/c1-5-31(37)15-12-26-24-9-8-22-16-23(10-13-29(22,3)25(24)11-14-30(26,31)4)34-38-19-28(36)33-18-27(35)21-7-6-20(2)32-17-21/h1,6-7,16-17,24-27,35,37H,8-15,18-19H2,2-4H3,(H,33,36)/t24-,25+,26-,27+,29+,30+,31-/m1/s1. The van der Waals surface area contributed by atoms with Crippen LogP contribution in [0.25, 0.3) is 0 Å². The van der Waals surface area contributed by atoms with Crippen LogP contribution in [0.2, 0.25) is 0 Å². The Morgan fingerprint density at radius 2 is 2.03 bits per heavy atom. The molecule has 38 heavy (non-hydrogen) atoms. The number of carbonyl (C=O) groups excluding carboxylic acids is 1. The molecule has 5 rings (SSSR count). The normalized spacial score (nSPS) is 37.7. The molecule has 7 atom stereocenters. The SMILES string of the molecule is C#C[C@@]1(O)CC[C@@H]2[C@@H]3CCC4=CC(=NOCC(=O)NC[C@H](O)c5ccc(C)nc5)CC[C@]4(C)[C@H]3CC[C@@]21C. The van der Waals surface area contributed by atoms with Crippen LogP contribution in [0, 0.1) is 47.9 Å². The van der Waals surface area contributed by atoms with Crippen molar-refractivity contribution in [2.45, 2.75) is 83.8 Å². The molecule has 0 saturated heterocycles. The lowest BCUT2D eigenvalue weighted by Crippen LogP contribution is -2.54. The number of aromatic nitrogens is 1. The highest BCUT2D eigenvalue weighted by Crippen LogP contribution is 2.67. The summed E-state index contributed by atoms with van der Waals surface area (Å²) in [5, 5.41) is 28.4. The van der Waals surface area contributed by atoms with E-state index >= 15 is 0 Å². The Labute approximate surface area is 226 Å². The lowest BCUT2D eigenvalue weighted by molar-refractivity contribution is -0.126. The minimum absolute atomic E-state index is 0.0905. The highest BCUT2D eigenvalue weighted by atomic mass is 16.6. The van der Waals surface area contributed by atoms with Crippen molar-refractivity contribution < 1.29 is 19.8 Å². The fraction of sp³-hybridized carbons (Fsp3) is 0.645. The predicted molar refractivity (Wildman–Crippen MR) is 146 cm³/mol. The van der Waals surface area contributed by atoms with Gasteiger partial charge in [-0.25, -0.2) is 0 Å². The molecule has 1 heterocycles. The van der Waals surface area contributed by atoms with E-state index in [1.54, 1.807) is 12.3 Å². The van der Waals surface area contributed by atoms with E-state index in [0.717, 1.165) is 62.8 Å². The number of carbonyl (C=O) groups is 1. The highest BCUT2D eigenvalue weighted by molar-refractivity contribution is 5.96. The van der Waals surface area contributed by atoms with Gasteiger partial charge in [-0.2, -0.15) is 0 Å². The summed E-state index contributed by atoms with van der Waals surface area (Å²) in [6, 6.07) is 3.63. The number of hydrogen-bond acceptors (Lipinski definition) is 6. The third-order valence-corrected chi connectivity index (χ3v) is 10.6. The van der Waals surface area contributed by atoms with E-state index < -0.39 is 11.7 Å². The summed E-state index contributed by atoms with van der Waals surface area (Å²) in [7, 11) is 0. The van der Waals surface area contributed by atoms with Crippen molar-refractivity contribution in [1.82, 2.24) is 10.3 Å². The van der Waals surface area contributed by atoms with Crippen LogP contribution in [0.4, 0.5) is 0 Å². The maximum absolute atomic E-state index is 12.2. The molecule has 4 aliphatic rings. The zero-order valence-corrected chi connectivity index (χ0v) is 22.9. The number of terminal acetylenes is 1. The van der Waals surface area contributed by atoms with Crippen LogP contribution in [-0.4, -0.2) is 45.6 Å². The quantitative estimate of drug-likeness (QED) is 0.385. The Morgan fingerprint density at radius 3 is 2.76 bits per heavy atom. The summed E-state index contributed by atoms with van der Waals surface area (Å²) in [6.07, 6.45) is 16.6. The molecule has 0 radical (unpaired) electrons. The Hall–Kier alpha value is -2.69. The van der Waals surface area contributed by atoms with Gasteiger partial charge >= 0.3 is 0 Å². The number of pyridine rings is 1. The van der Waals surface area contributed by atoms with Crippen molar-refractivity contribution in [3.63, 3.8) is 0 Å². The number of hydrogen-bond donors (Lipinski definition) is 3. The van der Waals surface area contributed by atoms with Crippen molar-refractivity contribution in [2.24, 2.45) is 33.7 Å². The molecule has 0 bridgehead atoms. The summed E-state index contributed by atoms with van der Waals surface area (Å²) >= 11 is 0. The lowest BCUT2D eigenvalue weighted by atomic mass is 9.46. The van der Waals surface area contributed by atoms with Crippen LogP contribution in [0.1, 0.15) is 82.6 Å². The molecule has 0 aliphatic heterocycles. The molecule has 4 aliphatic carbocycles. The van der Waals surface area contributed by atoms with Gasteiger partial charge in [0.1, 0.15) is 5.60 Å². The number of aliphatic hydroxyl groups is 2. The van der Waals surface area contributed by atoms with Crippen molar-refractivity contribution >= 4 is 11.6 Å². The van der Waals surface area contributed by atoms with Crippen molar-refractivity contribution in [3.8, 4) is 12.3 Å². The third kappa shape index (κ3) is 4.56. The number of oxime groups is 1.